The van der Waals surface area contributed by atoms with Crippen molar-refractivity contribution < 1.29 is 0 Å². The van der Waals surface area contributed by atoms with Gasteiger partial charge in [0.15, 0.2) is 10.8 Å². The molecule has 7 heteroatoms. The summed E-state index contributed by atoms with van der Waals surface area (Å²) in [4.78, 5) is 12.6. The molecule has 1 unspecified atom stereocenters. The van der Waals surface area contributed by atoms with E-state index in [0.717, 1.165) is 17.9 Å². The van der Waals surface area contributed by atoms with Crippen LogP contribution in [-0.4, -0.2) is 76.9 Å². The van der Waals surface area contributed by atoms with Crippen molar-refractivity contribution in [1.29, 1.82) is 0 Å². The predicted molar refractivity (Wildman–Crippen MR) is 105 cm³/mol. The minimum absolute atomic E-state index is 0.641. The molecular formula is C18H30N6S. The number of rotatable bonds is 4. The van der Waals surface area contributed by atoms with Crippen LogP contribution in [0.25, 0.3) is 10.3 Å². The average Bonchev–Trinajstić information content (AvgIpc) is 3.16. The average molecular weight is 363 g/mol. The zero-order valence-corrected chi connectivity index (χ0v) is 16.6. The van der Waals surface area contributed by atoms with Gasteiger partial charge < -0.3 is 14.7 Å². The van der Waals surface area contributed by atoms with Crippen molar-refractivity contribution in [2.24, 2.45) is 7.05 Å². The van der Waals surface area contributed by atoms with Crippen molar-refractivity contribution in [1.82, 2.24) is 24.6 Å². The zero-order chi connectivity index (χ0) is 17.4. The van der Waals surface area contributed by atoms with Crippen molar-refractivity contribution in [3.8, 4) is 0 Å². The van der Waals surface area contributed by atoms with E-state index in [-0.39, 0.29) is 0 Å². The predicted octanol–water partition coefficient (Wildman–Crippen LogP) is 2.33. The Morgan fingerprint density at radius 2 is 1.88 bits per heavy atom. The van der Waals surface area contributed by atoms with Gasteiger partial charge in [-0.2, -0.15) is 5.10 Å². The summed E-state index contributed by atoms with van der Waals surface area (Å²) in [5.41, 5.74) is 2.15. The topological polar surface area (TPSA) is 40.4 Å². The lowest BCUT2D eigenvalue weighted by atomic mass is 9.99. The second-order valence-corrected chi connectivity index (χ2v) is 8.61. The number of anilines is 1. The maximum atomic E-state index is 4.94. The fraction of sp³-hybridized carbons (Fsp3) is 0.778. The van der Waals surface area contributed by atoms with Crippen LogP contribution in [0.3, 0.4) is 0 Å². The second kappa shape index (κ2) is 7.21. The highest BCUT2D eigenvalue weighted by molar-refractivity contribution is 7.22. The lowest BCUT2D eigenvalue weighted by Crippen LogP contribution is -2.47. The van der Waals surface area contributed by atoms with E-state index in [1.54, 1.807) is 0 Å². The number of fused-ring (bicyclic) bond motifs is 1. The number of aryl methyl sites for hydroxylation is 2. The monoisotopic (exact) mass is 362 g/mol. The molecule has 0 aliphatic carbocycles. The van der Waals surface area contributed by atoms with Gasteiger partial charge in [-0.3, -0.25) is 0 Å². The standard InChI is InChI=1S/C18H30N6S/c1-14-16-17(22(3)20-14)19-18(25-16)24-8-5-4-6-15(24)7-9-23-12-10-21(2)11-13-23/h15H,4-13H2,1-3H3. The first-order valence-corrected chi connectivity index (χ1v) is 10.4. The number of hydrogen-bond donors (Lipinski definition) is 0. The van der Waals surface area contributed by atoms with Crippen LogP contribution >= 0.6 is 11.3 Å². The normalized spacial score (nSPS) is 23.6. The maximum absolute atomic E-state index is 4.94. The first-order chi connectivity index (χ1) is 12.1. The number of thiazole rings is 1. The second-order valence-electron chi connectivity index (χ2n) is 7.63. The third kappa shape index (κ3) is 3.55. The fourth-order valence-electron chi connectivity index (χ4n) is 4.15. The Morgan fingerprint density at radius 3 is 2.64 bits per heavy atom. The fourth-order valence-corrected chi connectivity index (χ4v) is 5.28. The molecule has 2 saturated heterocycles. The van der Waals surface area contributed by atoms with E-state index in [4.69, 9.17) is 4.98 Å². The van der Waals surface area contributed by atoms with Crippen LogP contribution in [0.5, 0.6) is 0 Å². The minimum atomic E-state index is 0.641. The summed E-state index contributed by atoms with van der Waals surface area (Å²) in [7, 11) is 4.23. The van der Waals surface area contributed by atoms with Gasteiger partial charge in [0.25, 0.3) is 0 Å². The summed E-state index contributed by atoms with van der Waals surface area (Å²) in [5.74, 6) is 0. The van der Waals surface area contributed by atoms with E-state index >= 15 is 0 Å². The summed E-state index contributed by atoms with van der Waals surface area (Å²) in [6, 6.07) is 0.641. The third-order valence-corrected chi connectivity index (χ3v) is 6.97. The molecule has 138 valence electrons. The van der Waals surface area contributed by atoms with Gasteiger partial charge in [0.05, 0.1) is 10.4 Å². The van der Waals surface area contributed by atoms with Gasteiger partial charge in [-0.05, 0) is 39.7 Å². The molecule has 0 N–H and O–H groups in total. The molecule has 4 rings (SSSR count). The highest BCUT2D eigenvalue weighted by Gasteiger charge is 2.27. The zero-order valence-electron chi connectivity index (χ0n) is 15.7. The van der Waals surface area contributed by atoms with Gasteiger partial charge in [-0.15, -0.1) is 0 Å². The van der Waals surface area contributed by atoms with Crippen molar-refractivity contribution >= 4 is 26.8 Å². The van der Waals surface area contributed by atoms with Crippen LogP contribution in [0.2, 0.25) is 0 Å². The summed E-state index contributed by atoms with van der Waals surface area (Å²) < 4.78 is 3.18. The number of nitrogens with zero attached hydrogens (tertiary/aromatic N) is 6. The van der Waals surface area contributed by atoms with Crippen LogP contribution in [-0.2, 0) is 7.05 Å². The smallest absolute Gasteiger partial charge is 0.188 e. The number of likely N-dealkylation sites (N-methyl/N-ethyl adjacent to an activating group) is 1. The largest absolute Gasteiger partial charge is 0.345 e. The maximum Gasteiger partial charge on any atom is 0.188 e. The molecule has 4 heterocycles. The van der Waals surface area contributed by atoms with Gasteiger partial charge in [0.1, 0.15) is 0 Å². The molecule has 2 aliphatic rings. The summed E-state index contributed by atoms with van der Waals surface area (Å²) in [6.45, 7) is 9.31. The number of piperidine rings is 1. The Morgan fingerprint density at radius 1 is 1.08 bits per heavy atom. The van der Waals surface area contributed by atoms with Gasteiger partial charge in [-0.1, -0.05) is 11.3 Å². The Hall–Kier alpha value is -1.18. The van der Waals surface area contributed by atoms with Gasteiger partial charge in [-0.25, -0.2) is 9.67 Å². The van der Waals surface area contributed by atoms with Gasteiger partial charge in [0.2, 0.25) is 0 Å². The quantitative estimate of drug-likeness (QED) is 0.835. The third-order valence-electron chi connectivity index (χ3n) is 5.78. The lowest BCUT2D eigenvalue weighted by molar-refractivity contribution is 0.148. The number of piperazine rings is 1. The Labute approximate surface area is 154 Å². The highest BCUT2D eigenvalue weighted by Crippen LogP contribution is 2.34. The molecule has 2 fully saturated rings. The Kier molecular flexibility index (Phi) is 4.97. The molecule has 2 aromatic rings. The van der Waals surface area contributed by atoms with Crippen LogP contribution in [0.15, 0.2) is 0 Å². The lowest BCUT2D eigenvalue weighted by Gasteiger charge is -2.38. The molecule has 25 heavy (non-hydrogen) atoms. The molecule has 1 atom stereocenters. The molecular weight excluding hydrogens is 332 g/mol. The highest BCUT2D eigenvalue weighted by atomic mass is 32.1. The van der Waals surface area contributed by atoms with Crippen molar-refractivity contribution in [2.45, 2.75) is 38.6 Å². The van der Waals surface area contributed by atoms with E-state index in [1.807, 2.05) is 23.1 Å². The molecule has 0 amide bonds. The van der Waals surface area contributed by atoms with E-state index in [1.165, 1.54) is 68.2 Å². The minimum Gasteiger partial charge on any atom is -0.345 e. The molecule has 0 spiro atoms. The van der Waals surface area contributed by atoms with Crippen LogP contribution in [0.1, 0.15) is 31.4 Å². The molecule has 0 aromatic carbocycles. The van der Waals surface area contributed by atoms with E-state index in [9.17, 15) is 0 Å². The van der Waals surface area contributed by atoms with Crippen LogP contribution in [0, 0.1) is 6.92 Å². The number of aromatic nitrogens is 3. The van der Waals surface area contributed by atoms with E-state index in [0.29, 0.717) is 6.04 Å². The van der Waals surface area contributed by atoms with Crippen LogP contribution < -0.4 is 4.90 Å². The summed E-state index contributed by atoms with van der Waals surface area (Å²) >= 11 is 1.83. The van der Waals surface area contributed by atoms with Crippen molar-refractivity contribution in [3.63, 3.8) is 0 Å². The van der Waals surface area contributed by atoms with Crippen molar-refractivity contribution in [3.05, 3.63) is 5.69 Å². The molecule has 0 radical (unpaired) electrons. The summed E-state index contributed by atoms with van der Waals surface area (Å²) in [5, 5.41) is 5.70. The molecule has 0 saturated carbocycles. The van der Waals surface area contributed by atoms with Crippen LogP contribution in [0.4, 0.5) is 5.13 Å². The SMILES string of the molecule is Cc1nn(C)c2nc(N3CCCCC3CCN3CCN(C)CC3)sc12. The van der Waals surface area contributed by atoms with E-state index in [2.05, 4.69) is 33.8 Å². The Balaban J connectivity index is 1.45. The first-order valence-electron chi connectivity index (χ1n) is 9.59. The van der Waals surface area contributed by atoms with Gasteiger partial charge in [0, 0.05) is 52.4 Å². The summed E-state index contributed by atoms with van der Waals surface area (Å²) in [6.07, 6.45) is 5.21. The molecule has 2 aromatic heterocycles. The van der Waals surface area contributed by atoms with E-state index < -0.39 is 0 Å². The number of hydrogen-bond acceptors (Lipinski definition) is 6. The first kappa shape index (κ1) is 17.2. The van der Waals surface area contributed by atoms with Gasteiger partial charge >= 0.3 is 0 Å². The molecule has 6 nitrogen and oxygen atoms in total. The van der Waals surface area contributed by atoms with Crippen molar-refractivity contribution in [2.75, 3.05) is 51.2 Å². The Bertz CT molecular complexity index is 680. The molecule has 2 aliphatic heterocycles. The molecule has 0 bridgehead atoms.